The van der Waals surface area contributed by atoms with Crippen LogP contribution in [0.5, 0.6) is 5.88 Å². The van der Waals surface area contributed by atoms with Gasteiger partial charge in [0.15, 0.2) is 0 Å². The minimum atomic E-state index is -2.79. The second-order valence-corrected chi connectivity index (χ2v) is 2.70. The monoisotopic (exact) mass is 221 g/mol. The van der Waals surface area contributed by atoms with Crippen LogP contribution >= 0.6 is 11.6 Å². The highest BCUT2D eigenvalue weighted by Gasteiger charge is 2.22. The lowest BCUT2D eigenvalue weighted by Crippen LogP contribution is -2.03. The lowest BCUT2D eigenvalue weighted by atomic mass is 10.1. The Morgan fingerprint density at radius 1 is 1.64 bits per heavy atom. The van der Waals surface area contributed by atoms with Crippen molar-refractivity contribution in [3.8, 4) is 5.88 Å². The van der Waals surface area contributed by atoms with Crippen LogP contribution < -0.4 is 4.74 Å². The van der Waals surface area contributed by atoms with E-state index in [9.17, 15) is 13.6 Å². The number of carbonyl (C=O) groups excluding carboxylic acids is 1. The summed E-state index contributed by atoms with van der Waals surface area (Å²) >= 11 is 5.14. The molecule has 14 heavy (non-hydrogen) atoms. The SMILES string of the molecule is COc1nccc(C(F)F)c1C(=O)Cl. The number of rotatable bonds is 3. The van der Waals surface area contributed by atoms with Crippen molar-refractivity contribution in [2.45, 2.75) is 6.43 Å². The molecular formula is C8H6ClF2NO2. The highest BCUT2D eigenvalue weighted by molar-refractivity contribution is 6.68. The highest BCUT2D eigenvalue weighted by atomic mass is 35.5. The normalized spacial score (nSPS) is 10.4. The van der Waals surface area contributed by atoms with Crippen LogP contribution in [0, 0.1) is 0 Å². The zero-order chi connectivity index (χ0) is 10.7. The first-order valence-electron chi connectivity index (χ1n) is 3.58. The molecule has 0 N–H and O–H groups in total. The number of carbonyl (C=O) groups is 1. The van der Waals surface area contributed by atoms with Crippen LogP contribution in [0.3, 0.4) is 0 Å². The lowest BCUT2D eigenvalue weighted by molar-refractivity contribution is 0.106. The largest absolute Gasteiger partial charge is 0.480 e. The molecule has 0 aromatic carbocycles. The fraction of sp³-hybridized carbons (Fsp3) is 0.250. The number of aromatic nitrogens is 1. The van der Waals surface area contributed by atoms with Gasteiger partial charge in [0.05, 0.1) is 7.11 Å². The molecule has 0 saturated heterocycles. The molecule has 0 amide bonds. The Kier molecular flexibility index (Phi) is 3.35. The zero-order valence-corrected chi connectivity index (χ0v) is 7.89. The van der Waals surface area contributed by atoms with E-state index in [1.807, 2.05) is 0 Å². The molecule has 1 rings (SSSR count). The van der Waals surface area contributed by atoms with Gasteiger partial charge >= 0.3 is 0 Å². The van der Waals surface area contributed by atoms with E-state index < -0.39 is 17.2 Å². The lowest BCUT2D eigenvalue weighted by Gasteiger charge is -2.08. The first kappa shape index (κ1) is 10.8. The molecule has 0 fully saturated rings. The van der Waals surface area contributed by atoms with Gasteiger partial charge in [-0.25, -0.2) is 13.8 Å². The van der Waals surface area contributed by atoms with Crippen molar-refractivity contribution in [2.24, 2.45) is 0 Å². The number of alkyl halides is 2. The predicted octanol–water partition coefficient (Wildman–Crippen LogP) is 2.41. The van der Waals surface area contributed by atoms with Crippen LogP contribution in [0.4, 0.5) is 8.78 Å². The topological polar surface area (TPSA) is 39.2 Å². The third-order valence-electron chi connectivity index (χ3n) is 1.57. The average Bonchev–Trinajstić information content (AvgIpc) is 2.16. The maximum Gasteiger partial charge on any atom is 0.264 e. The fourth-order valence-electron chi connectivity index (χ4n) is 0.991. The third kappa shape index (κ3) is 1.98. The minimum Gasteiger partial charge on any atom is -0.480 e. The summed E-state index contributed by atoms with van der Waals surface area (Å²) in [5.74, 6) is -0.192. The van der Waals surface area contributed by atoms with Crippen molar-refractivity contribution in [3.05, 3.63) is 23.4 Å². The van der Waals surface area contributed by atoms with Crippen molar-refractivity contribution < 1.29 is 18.3 Å². The summed E-state index contributed by atoms with van der Waals surface area (Å²) in [6.07, 6.45) is -1.66. The summed E-state index contributed by atoms with van der Waals surface area (Å²) in [6, 6.07) is 1.03. The van der Waals surface area contributed by atoms with Gasteiger partial charge in [0, 0.05) is 11.8 Å². The van der Waals surface area contributed by atoms with Crippen LogP contribution in [0.25, 0.3) is 0 Å². The molecule has 0 bridgehead atoms. The van der Waals surface area contributed by atoms with Gasteiger partial charge in [-0.15, -0.1) is 0 Å². The fourth-order valence-corrected chi connectivity index (χ4v) is 1.18. The molecule has 0 aliphatic carbocycles. The predicted molar refractivity (Wildman–Crippen MR) is 45.9 cm³/mol. The summed E-state index contributed by atoms with van der Waals surface area (Å²) in [7, 11) is 1.22. The van der Waals surface area contributed by atoms with Crippen LogP contribution in [0.15, 0.2) is 12.3 Å². The van der Waals surface area contributed by atoms with Gasteiger partial charge in [-0.2, -0.15) is 0 Å². The second kappa shape index (κ2) is 4.32. The maximum absolute atomic E-state index is 12.4. The second-order valence-electron chi connectivity index (χ2n) is 2.36. The van der Waals surface area contributed by atoms with Crippen molar-refractivity contribution >= 4 is 16.8 Å². The Labute approximate surface area is 83.7 Å². The van der Waals surface area contributed by atoms with Crippen molar-refractivity contribution in [2.75, 3.05) is 7.11 Å². The van der Waals surface area contributed by atoms with Crippen molar-refractivity contribution in [1.82, 2.24) is 4.98 Å². The number of hydrogen-bond donors (Lipinski definition) is 0. The molecule has 3 nitrogen and oxygen atoms in total. The molecule has 0 unspecified atom stereocenters. The van der Waals surface area contributed by atoms with E-state index in [1.54, 1.807) is 0 Å². The van der Waals surface area contributed by atoms with E-state index in [1.165, 1.54) is 7.11 Å². The highest BCUT2D eigenvalue weighted by Crippen LogP contribution is 2.29. The van der Waals surface area contributed by atoms with E-state index >= 15 is 0 Å². The Morgan fingerprint density at radius 3 is 2.71 bits per heavy atom. The average molecular weight is 222 g/mol. The first-order valence-corrected chi connectivity index (χ1v) is 3.96. The van der Waals surface area contributed by atoms with E-state index in [0.29, 0.717) is 0 Å². The van der Waals surface area contributed by atoms with Gasteiger partial charge in [0.2, 0.25) is 5.88 Å². The minimum absolute atomic E-state index is 0.192. The Hall–Kier alpha value is -1.23. The molecule has 0 saturated carbocycles. The van der Waals surface area contributed by atoms with Crippen molar-refractivity contribution in [3.63, 3.8) is 0 Å². The summed E-state index contributed by atoms with van der Waals surface area (Å²) in [5.41, 5.74) is -0.858. The van der Waals surface area contributed by atoms with Gasteiger partial charge in [-0.3, -0.25) is 4.79 Å². The standard InChI is InChI=1S/C8H6ClF2NO2/c1-14-8-5(6(9)13)4(7(10)11)2-3-12-8/h2-3,7H,1H3. The third-order valence-corrected chi connectivity index (χ3v) is 1.76. The molecule has 0 radical (unpaired) electrons. The summed E-state index contributed by atoms with van der Waals surface area (Å²) < 4.78 is 29.5. The summed E-state index contributed by atoms with van der Waals surface area (Å²) in [4.78, 5) is 14.5. The summed E-state index contributed by atoms with van der Waals surface area (Å²) in [5, 5.41) is -1.01. The van der Waals surface area contributed by atoms with Gasteiger partial charge in [0.25, 0.3) is 11.7 Å². The van der Waals surface area contributed by atoms with Crippen LogP contribution in [0.2, 0.25) is 0 Å². The maximum atomic E-state index is 12.4. The molecule has 1 aromatic heterocycles. The Balaban J connectivity index is 3.35. The number of ether oxygens (including phenoxy) is 1. The molecular weight excluding hydrogens is 216 g/mol. The van der Waals surface area contributed by atoms with Crippen LogP contribution in [-0.4, -0.2) is 17.3 Å². The van der Waals surface area contributed by atoms with E-state index in [4.69, 9.17) is 11.6 Å². The molecule has 1 aromatic rings. The first-order chi connectivity index (χ1) is 6.57. The van der Waals surface area contributed by atoms with Gasteiger partial charge < -0.3 is 4.74 Å². The van der Waals surface area contributed by atoms with Crippen molar-refractivity contribution in [1.29, 1.82) is 0 Å². The van der Waals surface area contributed by atoms with Crippen LogP contribution in [0.1, 0.15) is 22.3 Å². The quantitative estimate of drug-likeness (QED) is 0.736. The molecule has 76 valence electrons. The number of pyridine rings is 1. The Morgan fingerprint density at radius 2 is 2.29 bits per heavy atom. The van der Waals surface area contributed by atoms with Gasteiger partial charge in [0.1, 0.15) is 5.56 Å². The Bertz CT molecular complexity index is 357. The van der Waals surface area contributed by atoms with Gasteiger partial charge in [-0.1, -0.05) is 0 Å². The number of halogens is 3. The number of hydrogen-bond acceptors (Lipinski definition) is 3. The molecule has 6 heteroatoms. The number of nitrogens with zero attached hydrogens (tertiary/aromatic N) is 1. The van der Waals surface area contributed by atoms with Gasteiger partial charge in [-0.05, 0) is 17.7 Å². The van der Waals surface area contributed by atoms with E-state index in [-0.39, 0.29) is 11.4 Å². The molecule has 0 atom stereocenters. The molecule has 0 aliphatic heterocycles. The van der Waals surface area contributed by atoms with E-state index in [2.05, 4.69) is 9.72 Å². The van der Waals surface area contributed by atoms with E-state index in [0.717, 1.165) is 12.3 Å². The smallest absolute Gasteiger partial charge is 0.264 e. The zero-order valence-electron chi connectivity index (χ0n) is 7.13. The molecule has 0 spiro atoms. The number of methoxy groups -OCH3 is 1. The molecule has 1 heterocycles. The molecule has 0 aliphatic rings. The van der Waals surface area contributed by atoms with Crippen LogP contribution in [-0.2, 0) is 0 Å². The summed E-state index contributed by atoms with van der Waals surface area (Å²) in [6.45, 7) is 0.